The van der Waals surface area contributed by atoms with Gasteiger partial charge in [0.2, 0.25) is 0 Å². The van der Waals surface area contributed by atoms with E-state index in [4.69, 9.17) is 9.84 Å². The Morgan fingerprint density at radius 3 is 2.00 bits per heavy atom. The maximum atomic E-state index is 11.6. The number of unbranched alkanes of at least 4 members (excludes halogenated alkanes) is 6. The summed E-state index contributed by atoms with van der Waals surface area (Å²) in [6.45, 7) is 8.14. The number of aliphatic carboxylic acids is 1. The standard InChI is InChI=1S/C17H32O4.K.Li.2H/c1-5-6-7-8-9-10-11-12-17(4,14(2)3)21-16(20)13-15(18)19;;;;/h14H,5-13H2,1-4H3,(H,18,19);;;;/q;2*+1;2*-1. The minimum absolute atomic E-state index is 0. The van der Waals surface area contributed by atoms with Crippen molar-refractivity contribution in [3.63, 3.8) is 0 Å². The van der Waals surface area contributed by atoms with Crippen molar-refractivity contribution in [2.45, 2.75) is 91.1 Å². The third-order valence-electron chi connectivity index (χ3n) is 4.14. The molecule has 0 radical (unpaired) electrons. The average molecular weight is 348 g/mol. The molecular formula is C17H34KLiO4. The second-order valence-corrected chi connectivity index (χ2v) is 6.38. The summed E-state index contributed by atoms with van der Waals surface area (Å²) in [5, 5.41) is 8.64. The van der Waals surface area contributed by atoms with Gasteiger partial charge in [0, 0.05) is 0 Å². The van der Waals surface area contributed by atoms with E-state index in [0.29, 0.717) is 0 Å². The largest absolute Gasteiger partial charge is 1.00 e. The number of esters is 1. The van der Waals surface area contributed by atoms with Crippen LogP contribution in [0.2, 0.25) is 0 Å². The van der Waals surface area contributed by atoms with Crippen LogP contribution in [-0.4, -0.2) is 22.6 Å². The Morgan fingerprint density at radius 2 is 1.57 bits per heavy atom. The minimum atomic E-state index is -1.14. The Bertz CT molecular complexity index is 334. The van der Waals surface area contributed by atoms with Gasteiger partial charge in [-0.25, -0.2) is 0 Å². The zero-order chi connectivity index (χ0) is 16.3. The Labute approximate surface area is 199 Å². The van der Waals surface area contributed by atoms with Crippen molar-refractivity contribution in [3.8, 4) is 0 Å². The van der Waals surface area contributed by atoms with Gasteiger partial charge in [0.25, 0.3) is 0 Å². The Morgan fingerprint density at radius 1 is 1.09 bits per heavy atom. The fraction of sp³-hybridized carbons (Fsp3) is 0.882. The van der Waals surface area contributed by atoms with E-state index in [1.165, 1.54) is 32.1 Å². The monoisotopic (exact) mass is 348 g/mol. The molecule has 23 heavy (non-hydrogen) atoms. The number of ether oxygens (including phenoxy) is 1. The number of carbonyl (C=O) groups is 2. The molecule has 0 saturated carbocycles. The van der Waals surface area contributed by atoms with Gasteiger partial charge in [-0.15, -0.1) is 0 Å². The molecule has 0 aliphatic rings. The van der Waals surface area contributed by atoms with Gasteiger partial charge in [0.1, 0.15) is 12.0 Å². The van der Waals surface area contributed by atoms with Crippen LogP contribution in [0.3, 0.4) is 0 Å². The van der Waals surface area contributed by atoms with Gasteiger partial charge in [-0.2, -0.15) is 0 Å². The van der Waals surface area contributed by atoms with Crippen molar-refractivity contribution < 1.29 is 92.5 Å². The molecule has 0 aromatic carbocycles. The number of carboxylic acid groups (broad SMARTS) is 1. The van der Waals surface area contributed by atoms with Crippen molar-refractivity contribution in [2.24, 2.45) is 5.92 Å². The summed E-state index contributed by atoms with van der Waals surface area (Å²) in [4.78, 5) is 22.1. The fourth-order valence-electron chi connectivity index (χ4n) is 2.31. The first-order valence-corrected chi connectivity index (χ1v) is 8.25. The number of carboxylic acids is 1. The van der Waals surface area contributed by atoms with Crippen LogP contribution in [0.15, 0.2) is 0 Å². The quantitative estimate of drug-likeness (QED) is 0.208. The van der Waals surface area contributed by atoms with Gasteiger partial charge >= 0.3 is 82.2 Å². The zero-order valence-electron chi connectivity index (χ0n) is 18.1. The molecular weight excluding hydrogens is 314 g/mol. The zero-order valence-corrected chi connectivity index (χ0v) is 19.2. The van der Waals surface area contributed by atoms with Gasteiger partial charge in [-0.3, -0.25) is 9.59 Å². The minimum Gasteiger partial charge on any atom is -1.00 e. The maximum Gasteiger partial charge on any atom is 1.00 e. The molecule has 6 heteroatoms. The van der Waals surface area contributed by atoms with E-state index in [-0.39, 0.29) is 79.0 Å². The summed E-state index contributed by atoms with van der Waals surface area (Å²) in [7, 11) is 0. The molecule has 0 heterocycles. The SMILES string of the molecule is CCCCCCCCCC(C)(OC(=O)CC(=O)O)C(C)C.[H-].[H-].[K+].[Li+]. The van der Waals surface area contributed by atoms with Crippen LogP contribution in [0.5, 0.6) is 0 Å². The fourth-order valence-corrected chi connectivity index (χ4v) is 2.31. The second-order valence-electron chi connectivity index (χ2n) is 6.38. The first kappa shape index (κ1) is 29.0. The molecule has 0 aliphatic carbocycles. The molecule has 0 fully saturated rings. The number of hydrogen-bond acceptors (Lipinski definition) is 3. The second kappa shape index (κ2) is 16.6. The molecule has 0 aromatic rings. The van der Waals surface area contributed by atoms with Crippen molar-refractivity contribution >= 4 is 11.9 Å². The van der Waals surface area contributed by atoms with Crippen molar-refractivity contribution in [3.05, 3.63) is 0 Å². The Kier molecular flexibility index (Phi) is 20.9. The molecule has 0 aromatic heterocycles. The molecule has 0 saturated heterocycles. The van der Waals surface area contributed by atoms with E-state index in [0.717, 1.165) is 19.3 Å². The predicted molar refractivity (Wildman–Crippen MR) is 86.4 cm³/mol. The molecule has 0 amide bonds. The molecule has 4 nitrogen and oxygen atoms in total. The third kappa shape index (κ3) is 15.2. The molecule has 128 valence electrons. The van der Waals surface area contributed by atoms with Crippen LogP contribution in [0.25, 0.3) is 0 Å². The summed E-state index contributed by atoms with van der Waals surface area (Å²) >= 11 is 0. The van der Waals surface area contributed by atoms with Crippen molar-refractivity contribution in [2.75, 3.05) is 0 Å². The van der Waals surface area contributed by atoms with Crippen LogP contribution < -0.4 is 70.2 Å². The third-order valence-corrected chi connectivity index (χ3v) is 4.14. The molecule has 1 unspecified atom stereocenters. The topological polar surface area (TPSA) is 63.6 Å². The van der Waals surface area contributed by atoms with Crippen LogP contribution in [0.1, 0.15) is 88.3 Å². The maximum absolute atomic E-state index is 11.6. The first-order valence-electron chi connectivity index (χ1n) is 8.25. The normalized spacial score (nSPS) is 12.7. The van der Waals surface area contributed by atoms with Gasteiger partial charge in [-0.1, -0.05) is 59.3 Å². The summed E-state index contributed by atoms with van der Waals surface area (Å²) in [5.74, 6) is -1.60. The molecule has 1 atom stereocenters. The average Bonchev–Trinajstić information content (AvgIpc) is 2.36. The van der Waals surface area contributed by atoms with E-state index in [9.17, 15) is 9.59 Å². The van der Waals surface area contributed by atoms with Crippen molar-refractivity contribution in [1.29, 1.82) is 0 Å². The summed E-state index contributed by atoms with van der Waals surface area (Å²) < 4.78 is 5.44. The van der Waals surface area contributed by atoms with Crippen LogP contribution >= 0.6 is 0 Å². The van der Waals surface area contributed by atoms with E-state index < -0.39 is 24.0 Å². The molecule has 0 bridgehead atoms. The van der Waals surface area contributed by atoms with E-state index in [2.05, 4.69) is 6.92 Å². The number of carbonyl (C=O) groups excluding carboxylic acids is 1. The first-order chi connectivity index (χ1) is 9.81. The van der Waals surface area contributed by atoms with Gasteiger partial charge in [-0.05, 0) is 25.7 Å². The molecule has 0 aliphatic heterocycles. The van der Waals surface area contributed by atoms with Crippen LogP contribution in [-0.2, 0) is 14.3 Å². The van der Waals surface area contributed by atoms with Crippen LogP contribution in [0.4, 0.5) is 0 Å². The van der Waals surface area contributed by atoms with Crippen LogP contribution in [0, 0.1) is 5.92 Å². The number of hydrogen-bond donors (Lipinski definition) is 1. The van der Waals surface area contributed by atoms with Gasteiger partial charge in [0.15, 0.2) is 0 Å². The van der Waals surface area contributed by atoms with E-state index in [1.807, 2.05) is 20.8 Å². The Hall–Kier alpha value is 1.17. The molecule has 1 N–H and O–H groups in total. The summed E-state index contributed by atoms with van der Waals surface area (Å²) in [6.07, 6.45) is 8.74. The summed E-state index contributed by atoms with van der Waals surface area (Å²) in [6, 6.07) is 0. The van der Waals surface area contributed by atoms with Gasteiger partial charge < -0.3 is 12.7 Å². The molecule has 0 rings (SSSR count). The number of rotatable bonds is 12. The van der Waals surface area contributed by atoms with E-state index in [1.54, 1.807) is 0 Å². The van der Waals surface area contributed by atoms with Crippen molar-refractivity contribution in [1.82, 2.24) is 0 Å². The molecule has 0 spiro atoms. The van der Waals surface area contributed by atoms with E-state index >= 15 is 0 Å². The Balaban J connectivity index is -0.000000333. The summed E-state index contributed by atoms with van der Waals surface area (Å²) in [5.41, 5.74) is -0.560. The predicted octanol–water partition coefficient (Wildman–Crippen LogP) is -1.21. The smallest absolute Gasteiger partial charge is 1.00 e. The van der Waals surface area contributed by atoms with Gasteiger partial charge in [0.05, 0.1) is 0 Å².